The molecule has 0 aromatic rings. The van der Waals surface area contributed by atoms with Crippen molar-refractivity contribution >= 4 is 41.5 Å². The van der Waals surface area contributed by atoms with Crippen molar-refractivity contribution in [3.63, 3.8) is 0 Å². The van der Waals surface area contributed by atoms with Crippen LogP contribution in [0.1, 0.15) is 46.0 Å². The number of primary amides is 1. The van der Waals surface area contributed by atoms with Crippen molar-refractivity contribution < 1.29 is 39.0 Å². The monoisotopic (exact) mass is 516 g/mol. The number of rotatable bonds is 17. The molecule has 0 rings (SSSR count). The Balaban J connectivity index is 5.54. The lowest BCUT2D eigenvalue weighted by Crippen LogP contribution is -2.59. The highest BCUT2D eigenvalue weighted by atomic mass is 16.4. The highest BCUT2D eigenvalue weighted by Crippen LogP contribution is 2.10. The fraction of sp³-hybridized carbons (Fsp3) is 0.650. The van der Waals surface area contributed by atoms with E-state index < -0.39 is 78.5 Å². The van der Waals surface area contributed by atoms with E-state index in [0.717, 1.165) is 0 Å². The molecule has 0 aliphatic rings. The zero-order chi connectivity index (χ0) is 28.0. The summed E-state index contributed by atoms with van der Waals surface area (Å²) in [6.07, 6.45) is -0.774. The number of nitrogens with zero attached hydrogens (tertiary/aromatic N) is 1. The molecule has 13 N–H and O–H groups in total. The van der Waals surface area contributed by atoms with Crippen LogP contribution in [0, 0.1) is 5.92 Å². The van der Waals surface area contributed by atoms with Crippen LogP contribution >= 0.6 is 0 Å². The van der Waals surface area contributed by atoms with Crippen molar-refractivity contribution in [1.29, 1.82) is 0 Å². The first-order valence-electron chi connectivity index (χ1n) is 11.1. The van der Waals surface area contributed by atoms with Crippen molar-refractivity contribution in [2.24, 2.45) is 33.8 Å². The average Bonchev–Trinajstić information content (AvgIpc) is 2.76. The second-order valence-electron chi connectivity index (χ2n) is 8.16. The summed E-state index contributed by atoms with van der Waals surface area (Å²) in [5.74, 6) is -7.06. The minimum atomic E-state index is -1.55. The molecule has 0 saturated heterocycles. The highest BCUT2D eigenvalue weighted by Gasteiger charge is 2.33. The zero-order valence-electron chi connectivity index (χ0n) is 20.2. The van der Waals surface area contributed by atoms with Gasteiger partial charge in [0.05, 0.1) is 18.9 Å². The maximum atomic E-state index is 12.9. The van der Waals surface area contributed by atoms with Crippen LogP contribution in [-0.2, 0) is 28.8 Å². The van der Waals surface area contributed by atoms with E-state index >= 15 is 0 Å². The molecule has 16 heteroatoms. The fourth-order valence-electron chi connectivity index (χ4n) is 2.95. The normalized spacial score (nSPS) is 14.8. The molecule has 0 radical (unpaired) electrons. The summed E-state index contributed by atoms with van der Waals surface area (Å²) in [6, 6.07) is -5.59. The number of carbonyl (C=O) groups excluding carboxylic acids is 4. The first-order chi connectivity index (χ1) is 16.7. The van der Waals surface area contributed by atoms with Crippen LogP contribution in [0.5, 0.6) is 0 Å². The van der Waals surface area contributed by atoms with Gasteiger partial charge < -0.3 is 49.1 Å². The summed E-state index contributed by atoms with van der Waals surface area (Å²) in [5, 5.41) is 25.1. The summed E-state index contributed by atoms with van der Waals surface area (Å²) in [7, 11) is 0. The van der Waals surface area contributed by atoms with Crippen molar-refractivity contribution in [3.8, 4) is 0 Å². The van der Waals surface area contributed by atoms with Gasteiger partial charge in [-0.3, -0.25) is 29.0 Å². The van der Waals surface area contributed by atoms with Crippen molar-refractivity contribution in [3.05, 3.63) is 0 Å². The minimum absolute atomic E-state index is 0.0535. The smallest absolute Gasteiger partial charge is 0.326 e. The van der Waals surface area contributed by atoms with Gasteiger partial charge in [0.25, 0.3) is 0 Å². The van der Waals surface area contributed by atoms with Crippen LogP contribution < -0.4 is 38.9 Å². The molecule has 36 heavy (non-hydrogen) atoms. The Labute approximate surface area is 207 Å². The van der Waals surface area contributed by atoms with Crippen molar-refractivity contribution in [2.75, 3.05) is 6.54 Å². The number of hydrogen-bond donors (Lipinski definition) is 9. The number of carboxylic acid groups (broad SMARTS) is 2. The van der Waals surface area contributed by atoms with Gasteiger partial charge in [-0.2, -0.15) is 0 Å². The van der Waals surface area contributed by atoms with E-state index in [1.807, 2.05) is 0 Å². The third-order valence-corrected chi connectivity index (χ3v) is 5.12. The van der Waals surface area contributed by atoms with Crippen LogP contribution in [0.15, 0.2) is 4.99 Å². The highest BCUT2D eigenvalue weighted by molar-refractivity contribution is 5.96. The number of carbonyl (C=O) groups is 6. The molecular formula is C20H36N8O8. The van der Waals surface area contributed by atoms with E-state index in [4.69, 9.17) is 28.0 Å². The quantitative estimate of drug-likeness (QED) is 0.0514. The first-order valence-corrected chi connectivity index (χ1v) is 11.1. The summed E-state index contributed by atoms with van der Waals surface area (Å²) < 4.78 is 0. The number of hydrogen-bond acceptors (Lipinski definition) is 8. The molecule has 0 spiro atoms. The molecule has 16 nitrogen and oxygen atoms in total. The zero-order valence-corrected chi connectivity index (χ0v) is 20.2. The Morgan fingerprint density at radius 2 is 1.44 bits per heavy atom. The van der Waals surface area contributed by atoms with Gasteiger partial charge in [0.15, 0.2) is 5.96 Å². The molecule has 0 bridgehead atoms. The van der Waals surface area contributed by atoms with Gasteiger partial charge in [0, 0.05) is 6.54 Å². The van der Waals surface area contributed by atoms with Gasteiger partial charge in [-0.1, -0.05) is 20.3 Å². The van der Waals surface area contributed by atoms with Crippen LogP contribution in [0.3, 0.4) is 0 Å². The Bertz CT molecular complexity index is 846. The molecule has 0 aromatic heterocycles. The lowest BCUT2D eigenvalue weighted by atomic mass is 9.97. The minimum Gasteiger partial charge on any atom is -0.481 e. The number of nitrogens with one attached hydrogen (secondary N) is 3. The predicted molar refractivity (Wildman–Crippen MR) is 127 cm³/mol. The van der Waals surface area contributed by atoms with E-state index in [2.05, 4.69) is 20.9 Å². The molecule has 0 aliphatic heterocycles. The number of carboxylic acids is 2. The third kappa shape index (κ3) is 12.5. The van der Waals surface area contributed by atoms with E-state index in [-0.39, 0.29) is 25.3 Å². The maximum absolute atomic E-state index is 12.9. The molecule has 5 unspecified atom stereocenters. The third-order valence-electron chi connectivity index (χ3n) is 5.12. The molecule has 0 saturated carbocycles. The molecule has 0 heterocycles. The van der Waals surface area contributed by atoms with Gasteiger partial charge in [-0.25, -0.2) is 4.79 Å². The van der Waals surface area contributed by atoms with Crippen LogP contribution in [0.2, 0.25) is 0 Å². The van der Waals surface area contributed by atoms with Crippen LogP contribution in [0.25, 0.3) is 0 Å². The van der Waals surface area contributed by atoms with E-state index in [1.54, 1.807) is 13.8 Å². The van der Waals surface area contributed by atoms with E-state index in [0.29, 0.717) is 6.42 Å². The number of aliphatic imine (C=N–C) groups is 1. The summed E-state index contributed by atoms with van der Waals surface area (Å²) in [5.41, 5.74) is 21.1. The van der Waals surface area contributed by atoms with Gasteiger partial charge >= 0.3 is 11.9 Å². The molecule has 204 valence electrons. The number of aliphatic carboxylic acids is 2. The SMILES string of the molecule is CCC(C)C(NC(=O)C(N)CC(=O)O)C(=O)NC(CC(N)=O)C(=O)NC(CCCN=C(N)N)C(=O)O. The largest absolute Gasteiger partial charge is 0.481 e. The summed E-state index contributed by atoms with van der Waals surface area (Å²) >= 11 is 0. The number of guanidine groups is 1. The van der Waals surface area contributed by atoms with Crippen LogP contribution in [-0.4, -0.2) is 82.5 Å². The number of nitrogens with two attached hydrogens (primary N) is 4. The fourth-order valence-corrected chi connectivity index (χ4v) is 2.95. The molecule has 0 aromatic carbocycles. The van der Waals surface area contributed by atoms with E-state index in [1.165, 1.54) is 0 Å². The van der Waals surface area contributed by atoms with Crippen LogP contribution in [0.4, 0.5) is 0 Å². The second-order valence-corrected chi connectivity index (χ2v) is 8.16. The van der Waals surface area contributed by atoms with E-state index in [9.17, 15) is 33.9 Å². The first kappa shape index (κ1) is 32.0. The Kier molecular flexibility index (Phi) is 14.1. The average molecular weight is 517 g/mol. The molecule has 0 aliphatic carbocycles. The van der Waals surface area contributed by atoms with Gasteiger partial charge in [0.1, 0.15) is 18.1 Å². The van der Waals surface area contributed by atoms with Gasteiger partial charge in [-0.05, 0) is 18.8 Å². The summed E-state index contributed by atoms with van der Waals surface area (Å²) in [6.45, 7) is 3.46. The van der Waals surface area contributed by atoms with Gasteiger partial charge in [0.2, 0.25) is 23.6 Å². The summed E-state index contributed by atoms with van der Waals surface area (Å²) in [4.78, 5) is 75.6. The van der Waals surface area contributed by atoms with Gasteiger partial charge in [-0.15, -0.1) is 0 Å². The van der Waals surface area contributed by atoms with Crippen molar-refractivity contribution in [1.82, 2.24) is 16.0 Å². The lowest BCUT2D eigenvalue weighted by molar-refractivity contribution is -0.142. The predicted octanol–water partition coefficient (Wildman–Crippen LogP) is -3.70. The maximum Gasteiger partial charge on any atom is 0.326 e. The molecule has 0 fully saturated rings. The Morgan fingerprint density at radius 3 is 1.92 bits per heavy atom. The topological polar surface area (TPSA) is 295 Å². The molecular weight excluding hydrogens is 480 g/mol. The molecule has 5 atom stereocenters. The standard InChI is InChI=1S/C20H36N8O8/c1-3-9(2)15(28-16(32)10(21)7-14(30)31)18(34)27-12(8-13(22)29)17(33)26-11(19(35)36)5-4-6-25-20(23)24/h9-12,15H,3-8,21H2,1-2H3,(H2,22,29)(H,26,33)(H,27,34)(H,28,32)(H,30,31)(H,35,36)(H4,23,24,25). The Hall–Kier alpha value is -3.95. The van der Waals surface area contributed by atoms with Crippen molar-refractivity contribution in [2.45, 2.75) is 70.1 Å². The number of amides is 4. The molecule has 4 amide bonds. The lowest BCUT2D eigenvalue weighted by Gasteiger charge is -2.27. The Morgan fingerprint density at radius 1 is 0.861 bits per heavy atom. The second kappa shape index (κ2) is 15.9.